The highest BCUT2D eigenvalue weighted by atomic mass is 79.9. The average Bonchev–Trinajstić information content (AvgIpc) is 2.40. The smallest absolute Gasteiger partial charge is 0.267 e. The predicted octanol–water partition coefficient (Wildman–Crippen LogP) is 1.64. The molecule has 1 heterocycles. The molecule has 5 nitrogen and oxygen atoms in total. The third kappa shape index (κ3) is 3.64. The Morgan fingerprint density at radius 2 is 2.26 bits per heavy atom. The second kappa shape index (κ2) is 5.97. The lowest BCUT2D eigenvalue weighted by molar-refractivity contribution is -0.121. The lowest BCUT2D eigenvalue weighted by Gasteiger charge is -2.13. The Morgan fingerprint density at radius 3 is 2.95 bits per heavy atom. The van der Waals surface area contributed by atoms with Crippen molar-refractivity contribution in [2.24, 2.45) is 5.10 Å². The Morgan fingerprint density at radius 1 is 1.47 bits per heavy atom. The number of nitrogens with zero attached hydrogens (tertiary/aromatic N) is 1. The predicted molar refractivity (Wildman–Crippen MR) is 75.5 cm³/mol. The van der Waals surface area contributed by atoms with Crippen LogP contribution < -0.4 is 10.7 Å². The van der Waals surface area contributed by atoms with E-state index in [0.29, 0.717) is 25.1 Å². The number of halogens is 1. The highest BCUT2D eigenvalue weighted by Crippen LogP contribution is 2.15. The van der Waals surface area contributed by atoms with Crippen LogP contribution in [0.15, 0.2) is 27.8 Å². The highest BCUT2D eigenvalue weighted by Gasteiger charge is 2.17. The van der Waals surface area contributed by atoms with Gasteiger partial charge in [-0.25, -0.2) is 5.43 Å². The van der Waals surface area contributed by atoms with Gasteiger partial charge in [-0.3, -0.25) is 9.59 Å². The van der Waals surface area contributed by atoms with Gasteiger partial charge in [-0.1, -0.05) is 22.0 Å². The van der Waals surface area contributed by atoms with Gasteiger partial charge in [0.2, 0.25) is 5.91 Å². The van der Waals surface area contributed by atoms with Crippen molar-refractivity contribution in [2.75, 3.05) is 0 Å². The van der Waals surface area contributed by atoms with E-state index in [1.165, 1.54) is 0 Å². The summed E-state index contributed by atoms with van der Waals surface area (Å²) in [5.41, 5.74) is 4.84. The van der Waals surface area contributed by atoms with E-state index < -0.39 is 0 Å². The molecule has 2 amide bonds. The highest BCUT2D eigenvalue weighted by molar-refractivity contribution is 9.10. The molecule has 0 atom stereocenters. The molecule has 1 aliphatic rings. The molecule has 6 heteroatoms. The molecule has 1 aromatic carbocycles. The van der Waals surface area contributed by atoms with Crippen LogP contribution in [0, 0.1) is 6.92 Å². The van der Waals surface area contributed by atoms with E-state index in [1.54, 1.807) is 0 Å². The van der Waals surface area contributed by atoms with Crippen LogP contribution in [0.25, 0.3) is 0 Å². The molecule has 0 aliphatic carbocycles. The Bertz CT molecular complexity index is 555. The first-order chi connectivity index (χ1) is 9.06. The fraction of sp³-hybridized carbons (Fsp3) is 0.308. The number of nitrogens with one attached hydrogen (secondary N) is 2. The topological polar surface area (TPSA) is 70.6 Å². The van der Waals surface area contributed by atoms with E-state index in [1.807, 2.05) is 25.1 Å². The number of amides is 2. The van der Waals surface area contributed by atoms with Crippen LogP contribution in [0.2, 0.25) is 0 Å². The van der Waals surface area contributed by atoms with Crippen molar-refractivity contribution < 1.29 is 9.59 Å². The molecule has 19 heavy (non-hydrogen) atoms. The first-order valence-electron chi connectivity index (χ1n) is 5.95. The molecule has 0 aromatic heterocycles. The summed E-state index contributed by atoms with van der Waals surface area (Å²) in [5.74, 6) is -0.390. The number of hydrazone groups is 1. The van der Waals surface area contributed by atoms with E-state index in [-0.39, 0.29) is 11.8 Å². The summed E-state index contributed by atoms with van der Waals surface area (Å²) in [4.78, 5) is 22.8. The number of carbonyl (C=O) groups excluding carboxylic acids is 2. The summed E-state index contributed by atoms with van der Waals surface area (Å²) >= 11 is 3.40. The van der Waals surface area contributed by atoms with Gasteiger partial charge in [-0.2, -0.15) is 5.10 Å². The maximum atomic E-state index is 11.9. The Hall–Kier alpha value is -1.69. The minimum absolute atomic E-state index is 0.153. The molecule has 0 spiro atoms. The van der Waals surface area contributed by atoms with E-state index in [4.69, 9.17) is 0 Å². The van der Waals surface area contributed by atoms with E-state index in [2.05, 4.69) is 31.8 Å². The average molecular weight is 324 g/mol. The lowest BCUT2D eigenvalue weighted by Crippen LogP contribution is -2.36. The number of hydrogen-bond donors (Lipinski definition) is 2. The molecule has 2 rings (SSSR count). The fourth-order valence-corrected chi connectivity index (χ4v) is 2.15. The summed E-state index contributed by atoms with van der Waals surface area (Å²) in [6.07, 6.45) is 0.692. The van der Waals surface area contributed by atoms with Crippen LogP contribution in [0.5, 0.6) is 0 Å². The van der Waals surface area contributed by atoms with Crippen molar-refractivity contribution >= 4 is 33.5 Å². The molecular formula is C13H14BrN3O2. The third-order valence-corrected chi connectivity index (χ3v) is 3.41. The molecule has 0 fully saturated rings. The summed E-state index contributed by atoms with van der Waals surface area (Å²) in [6, 6.07) is 5.92. The molecule has 0 saturated heterocycles. The van der Waals surface area contributed by atoms with Crippen LogP contribution in [-0.2, 0) is 16.1 Å². The van der Waals surface area contributed by atoms with Crippen molar-refractivity contribution in [3.05, 3.63) is 33.8 Å². The molecule has 0 bridgehead atoms. The fourth-order valence-electron chi connectivity index (χ4n) is 1.75. The van der Waals surface area contributed by atoms with Crippen LogP contribution in [0.3, 0.4) is 0 Å². The van der Waals surface area contributed by atoms with Crippen LogP contribution >= 0.6 is 15.9 Å². The molecule has 1 aromatic rings. The van der Waals surface area contributed by atoms with Crippen LogP contribution in [0.4, 0.5) is 0 Å². The number of benzene rings is 1. The molecule has 0 unspecified atom stereocenters. The van der Waals surface area contributed by atoms with Crippen LogP contribution in [0.1, 0.15) is 24.0 Å². The van der Waals surface area contributed by atoms with Crippen molar-refractivity contribution in [2.45, 2.75) is 26.3 Å². The third-order valence-electron chi connectivity index (χ3n) is 2.92. The van der Waals surface area contributed by atoms with Gasteiger partial charge in [0.25, 0.3) is 5.91 Å². The molecular weight excluding hydrogens is 310 g/mol. The standard InChI is InChI=1S/C13H14BrN3O2/c1-8-2-3-10(14)6-9(8)7-15-13(19)11-4-5-12(18)17-16-11/h2-3,6H,4-5,7H2,1H3,(H,15,19)(H,17,18). The van der Waals surface area contributed by atoms with E-state index in [0.717, 1.165) is 15.6 Å². The van der Waals surface area contributed by atoms with Gasteiger partial charge in [0.15, 0.2) is 0 Å². The number of aryl methyl sites for hydroxylation is 1. The molecule has 2 N–H and O–H groups in total. The summed E-state index contributed by atoms with van der Waals surface area (Å²) in [5, 5.41) is 6.57. The summed E-state index contributed by atoms with van der Waals surface area (Å²) in [6.45, 7) is 2.43. The van der Waals surface area contributed by atoms with Crippen molar-refractivity contribution in [3.8, 4) is 0 Å². The minimum atomic E-state index is -0.237. The quantitative estimate of drug-likeness (QED) is 0.887. The molecule has 100 valence electrons. The van der Waals surface area contributed by atoms with Gasteiger partial charge in [-0.05, 0) is 30.2 Å². The largest absolute Gasteiger partial charge is 0.347 e. The maximum Gasteiger partial charge on any atom is 0.267 e. The zero-order chi connectivity index (χ0) is 13.8. The molecule has 1 aliphatic heterocycles. The number of hydrogen-bond acceptors (Lipinski definition) is 3. The zero-order valence-corrected chi connectivity index (χ0v) is 12.1. The van der Waals surface area contributed by atoms with E-state index in [9.17, 15) is 9.59 Å². The Kier molecular flexibility index (Phi) is 4.31. The van der Waals surface area contributed by atoms with Crippen molar-refractivity contribution in [3.63, 3.8) is 0 Å². The van der Waals surface area contributed by atoms with Gasteiger partial charge in [0.05, 0.1) is 0 Å². The second-order valence-corrected chi connectivity index (χ2v) is 5.26. The van der Waals surface area contributed by atoms with Gasteiger partial charge >= 0.3 is 0 Å². The maximum absolute atomic E-state index is 11.9. The number of carbonyl (C=O) groups is 2. The first kappa shape index (κ1) is 13.7. The molecule has 0 radical (unpaired) electrons. The SMILES string of the molecule is Cc1ccc(Br)cc1CNC(=O)C1=NNC(=O)CC1. The summed E-state index contributed by atoms with van der Waals surface area (Å²) in [7, 11) is 0. The minimum Gasteiger partial charge on any atom is -0.347 e. The van der Waals surface area contributed by atoms with Gasteiger partial charge in [-0.15, -0.1) is 0 Å². The normalized spacial score (nSPS) is 14.6. The van der Waals surface area contributed by atoms with Crippen LogP contribution in [-0.4, -0.2) is 17.5 Å². The Labute approximate surface area is 119 Å². The van der Waals surface area contributed by atoms with E-state index >= 15 is 0 Å². The monoisotopic (exact) mass is 323 g/mol. The second-order valence-electron chi connectivity index (χ2n) is 4.35. The van der Waals surface area contributed by atoms with Crippen molar-refractivity contribution in [1.82, 2.24) is 10.7 Å². The van der Waals surface area contributed by atoms with Gasteiger partial charge in [0, 0.05) is 23.9 Å². The summed E-state index contributed by atoms with van der Waals surface area (Å²) < 4.78 is 0.976. The first-order valence-corrected chi connectivity index (χ1v) is 6.74. The van der Waals surface area contributed by atoms with Crippen molar-refractivity contribution in [1.29, 1.82) is 0 Å². The Balaban J connectivity index is 1.97. The van der Waals surface area contributed by atoms with Gasteiger partial charge in [0.1, 0.15) is 5.71 Å². The number of rotatable bonds is 3. The molecule has 0 saturated carbocycles. The zero-order valence-electron chi connectivity index (χ0n) is 10.5. The lowest BCUT2D eigenvalue weighted by atomic mass is 10.1. The van der Waals surface area contributed by atoms with Gasteiger partial charge < -0.3 is 5.32 Å².